The van der Waals surface area contributed by atoms with Crippen molar-refractivity contribution in [3.63, 3.8) is 0 Å². The lowest BCUT2D eigenvalue weighted by Gasteiger charge is -2.32. The fourth-order valence-corrected chi connectivity index (χ4v) is 4.10. The van der Waals surface area contributed by atoms with E-state index in [0.29, 0.717) is 0 Å². The smallest absolute Gasteiger partial charge is 0.0651 e. The number of benzene rings is 1. The zero-order valence-electron chi connectivity index (χ0n) is 10.9. The minimum Gasteiger partial charge on any atom is -0.291 e. The quantitative estimate of drug-likeness (QED) is 0.721. The normalized spacial score (nSPS) is 24.8. The van der Waals surface area contributed by atoms with Crippen molar-refractivity contribution in [2.75, 3.05) is 0 Å². The van der Waals surface area contributed by atoms with Gasteiger partial charge in [0, 0.05) is 0 Å². The van der Waals surface area contributed by atoms with E-state index in [9.17, 15) is 0 Å². The van der Waals surface area contributed by atoms with Crippen molar-refractivity contribution in [3.8, 4) is 11.1 Å². The van der Waals surface area contributed by atoms with Gasteiger partial charge < -0.3 is 0 Å². The van der Waals surface area contributed by atoms with Crippen LogP contribution in [0.2, 0.25) is 0 Å². The van der Waals surface area contributed by atoms with Gasteiger partial charge in [-0.1, -0.05) is 18.2 Å². The molecule has 1 unspecified atom stereocenters. The van der Waals surface area contributed by atoms with Gasteiger partial charge in [-0.3, -0.25) is 4.99 Å². The molecule has 19 heavy (non-hydrogen) atoms. The highest BCUT2D eigenvalue weighted by atomic mass is 32.1. The van der Waals surface area contributed by atoms with Crippen molar-refractivity contribution >= 4 is 17.6 Å². The zero-order chi connectivity index (χ0) is 12.7. The van der Waals surface area contributed by atoms with Crippen LogP contribution in [0.25, 0.3) is 11.1 Å². The average molecular weight is 267 g/mol. The van der Waals surface area contributed by atoms with E-state index >= 15 is 0 Å². The number of nitrogens with zero attached hydrogens (tertiary/aromatic N) is 1. The minimum absolute atomic E-state index is 0.236. The molecule has 4 rings (SSSR count). The Hall–Kier alpha value is -1.41. The second kappa shape index (κ2) is 4.31. The predicted molar refractivity (Wildman–Crippen MR) is 82.2 cm³/mol. The van der Waals surface area contributed by atoms with E-state index in [-0.39, 0.29) is 5.54 Å². The number of hydrogen-bond donors (Lipinski definition) is 0. The van der Waals surface area contributed by atoms with Crippen molar-refractivity contribution in [3.05, 3.63) is 46.2 Å². The Kier molecular flexibility index (Phi) is 2.59. The third kappa shape index (κ3) is 1.95. The summed E-state index contributed by atoms with van der Waals surface area (Å²) in [6.45, 7) is 0. The third-order valence-electron chi connectivity index (χ3n) is 4.54. The minimum atomic E-state index is 0.236. The summed E-state index contributed by atoms with van der Waals surface area (Å²) in [6, 6.07) is 9.20. The number of hydrogen-bond acceptors (Lipinski definition) is 2. The summed E-state index contributed by atoms with van der Waals surface area (Å²) in [5, 5.41) is 4.38. The fraction of sp³-hybridized carbons (Fsp3) is 0.353. The van der Waals surface area contributed by atoms with E-state index in [1.807, 2.05) is 0 Å². The van der Waals surface area contributed by atoms with Crippen LogP contribution in [0.1, 0.15) is 30.4 Å². The molecule has 2 heterocycles. The highest BCUT2D eigenvalue weighted by Crippen LogP contribution is 2.38. The Morgan fingerprint density at radius 1 is 1.05 bits per heavy atom. The summed E-state index contributed by atoms with van der Waals surface area (Å²) < 4.78 is 0. The highest BCUT2D eigenvalue weighted by molar-refractivity contribution is 7.08. The molecule has 2 heteroatoms. The van der Waals surface area contributed by atoms with Crippen molar-refractivity contribution in [2.24, 2.45) is 4.99 Å². The standard InChI is InChI=1S/C17H17NS/c1-6-17(18-8-1)7-4-13-2-3-14(10-16(13)11-17)15-5-9-19-12-15/h2-3,5,8-10,12H,1,4,6-7,11H2. The van der Waals surface area contributed by atoms with E-state index in [1.54, 1.807) is 11.3 Å². The van der Waals surface area contributed by atoms with Crippen molar-refractivity contribution in [1.82, 2.24) is 0 Å². The van der Waals surface area contributed by atoms with Gasteiger partial charge in [0.15, 0.2) is 0 Å². The first kappa shape index (κ1) is 11.4. The zero-order valence-corrected chi connectivity index (χ0v) is 11.7. The van der Waals surface area contributed by atoms with Crippen molar-refractivity contribution < 1.29 is 0 Å². The summed E-state index contributed by atoms with van der Waals surface area (Å²) in [5.41, 5.74) is 6.00. The molecule has 0 saturated heterocycles. The topological polar surface area (TPSA) is 12.4 Å². The third-order valence-corrected chi connectivity index (χ3v) is 5.23. The number of aliphatic imine (C=N–C) groups is 1. The summed E-state index contributed by atoms with van der Waals surface area (Å²) in [4.78, 5) is 4.80. The average Bonchev–Trinajstić information content (AvgIpc) is 3.10. The van der Waals surface area contributed by atoms with Gasteiger partial charge in [-0.2, -0.15) is 11.3 Å². The van der Waals surface area contributed by atoms with E-state index in [1.165, 1.54) is 47.9 Å². The number of fused-ring (bicyclic) bond motifs is 1. The van der Waals surface area contributed by atoms with Gasteiger partial charge in [-0.25, -0.2) is 0 Å². The second-order valence-corrected chi connectivity index (χ2v) is 6.53. The van der Waals surface area contributed by atoms with Crippen LogP contribution in [0.4, 0.5) is 0 Å². The first-order valence-corrected chi connectivity index (χ1v) is 7.97. The van der Waals surface area contributed by atoms with Crippen LogP contribution in [0, 0.1) is 0 Å². The molecule has 0 fully saturated rings. The van der Waals surface area contributed by atoms with Gasteiger partial charge in [0.05, 0.1) is 5.54 Å². The van der Waals surface area contributed by atoms with Gasteiger partial charge in [0.1, 0.15) is 0 Å². The van der Waals surface area contributed by atoms with Crippen LogP contribution in [-0.4, -0.2) is 11.8 Å². The first-order valence-electron chi connectivity index (χ1n) is 7.03. The van der Waals surface area contributed by atoms with Crippen molar-refractivity contribution in [1.29, 1.82) is 0 Å². The molecule has 0 radical (unpaired) electrons. The Morgan fingerprint density at radius 2 is 2.05 bits per heavy atom. The second-order valence-electron chi connectivity index (χ2n) is 5.75. The lowest BCUT2D eigenvalue weighted by atomic mass is 9.76. The first-order chi connectivity index (χ1) is 9.35. The molecule has 96 valence electrons. The van der Waals surface area contributed by atoms with Crippen LogP contribution in [-0.2, 0) is 12.8 Å². The highest BCUT2D eigenvalue weighted by Gasteiger charge is 2.35. The molecule has 1 aliphatic carbocycles. The maximum atomic E-state index is 4.80. The Labute approximate surface area is 118 Å². The molecule has 0 saturated carbocycles. The monoisotopic (exact) mass is 267 g/mol. The molecule has 0 N–H and O–H groups in total. The fourth-order valence-electron chi connectivity index (χ4n) is 3.43. The SMILES string of the molecule is C1=NC2(CC1)CCc1ccc(-c3ccsc3)cc1C2. The maximum Gasteiger partial charge on any atom is 0.0651 e. The van der Waals surface area contributed by atoms with Crippen LogP contribution < -0.4 is 0 Å². The van der Waals surface area contributed by atoms with Crippen molar-refractivity contribution in [2.45, 2.75) is 37.6 Å². The van der Waals surface area contributed by atoms with Crippen LogP contribution >= 0.6 is 11.3 Å². The molecule has 2 aliphatic rings. The van der Waals surface area contributed by atoms with Gasteiger partial charge >= 0.3 is 0 Å². The number of rotatable bonds is 1. The van der Waals surface area contributed by atoms with Gasteiger partial charge in [-0.15, -0.1) is 0 Å². The lowest BCUT2D eigenvalue weighted by Crippen LogP contribution is -2.31. The van der Waals surface area contributed by atoms with Gasteiger partial charge in [0.25, 0.3) is 0 Å². The summed E-state index contributed by atoms with van der Waals surface area (Å²) in [6.07, 6.45) is 8.10. The summed E-state index contributed by atoms with van der Waals surface area (Å²) in [5.74, 6) is 0. The van der Waals surface area contributed by atoms with Crippen LogP contribution in [0.5, 0.6) is 0 Å². The van der Waals surface area contributed by atoms with Crippen LogP contribution in [0.3, 0.4) is 0 Å². The number of aryl methyl sites for hydroxylation is 1. The molecule has 0 bridgehead atoms. The van der Waals surface area contributed by atoms with E-state index in [0.717, 1.165) is 6.42 Å². The molecule has 1 aromatic carbocycles. The predicted octanol–water partition coefficient (Wildman–Crippen LogP) is 4.51. The Balaban J connectivity index is 1.73. The van der Waals surface area contributed by atoms with Crippen LogP contribution in [0.15, 0.2) is 40.0 Å². The molecule has 1 nitrogen and oxygen atoms in total. The molecule has 1 atom stereocenters. The molecule has 2 aromatic rings. The number of thiophene rings is 1. The maximum absolute atomic E-state index is 4.80. The molecule has 1 aliphatic heterocycles. The Bertz CT molecular complexity index is 627. The van der Waals surface area contributed by atoms with E-state index < -0.39 is 0 Å². The van der Waals surface area contributed by atoms with E-state index in [2.05, 4.69) is 41.2 Å². The molecule has 0 amide bonds. The summed E-state index contributed by atoms with van der Waals surface area (Å²) in [7, 11) is 0. The van der Waals surface area contributed by atoms with E-state index in [4.69, 9.17) is 4.99 Å². The lowest BCUT2D eigenvalue weighted by molar-refractivity contribution is 0.375. The summed E-state index contributed by atoms with van der Waals surface area (Å²) >= 11 is 1.77. The molecule has 1 aromatic heterocycles. The molecular formula is C17H17NS. The molecular weight excluding hydrogens is 250 g/mol. The molecule has 1 spiro atoms. The largest absolute Gasteiger partial charge is 0.291 e. The van der Waals surface area contributed by atoms with Gasteiger partial charge in [0.2, 0.25) is 0 Å². The Morgan fingerprint density at radius 3 is 2.84 bits per heavy atom. The van der Waals surface area contributed by atoms with Gasteiger partial charge in [-0.05, 0) is 77.4 Å².